The summed E-state index contributed by atoms with van der Waals surface area (Å²) in [6.07, 6.45) is 2.90. The molecule has 1 aromatic carbocycles. The van der Waals surface area contributed by atoms with Crippen molar-refractivity contribution in [3.05, 3.63) is 48.3 Å². The molecule has 0 atom stereocenters. The van der Waals surface area contributed by atoms with Crippen LogP contribution in [0.3, 0.4) is 0 Å². The van der Waals surface area contributed by atoms with E-state index in [1.165, 1.54) is 6.20 Å². The number of aromatic nitrogens is 1. The third kappa shape index (κ3) is 2.82. The van der Waals surface area contributed by atoms with E-state index in [9.17, 15) is 4.79 Å². The molecule has 1 aromatic heterocycles. The molecule has 0 bridgehead atoms. The smallest absolute Gasteiger partial charge is 0.339 e. The molecule has 0 radical (unpaired) electrons. The van der Waals surface area contributed by atoms with Crippen LogP contribution in [0.2, 0.25) is 0 Å². The average Bonchev–Trinajstić information content (AvgIpc) is 2.39. The number of benzene rings is 1. The Morgan fingerprint density at radius 1 is 1.21 bits per heavy atom. The zero-order valence-electron chi connectivity index (χ0n) is 10.8. The van der Waals surface area contributed by atoms with Crippen molar-refractivity contribution in [2.45, 2.75) is 0 Å². The van der Waals surface area contributed by atoms with Gasteiger partial charge in [-0.2, -0.15) is 0 Å². The zero-order valence-corrected chi connectivity index (χ0v) is 10.8. The average molecular weight is 257 g/mol. The zero-order chi connectivity index (χ0) is 13.8. The molecule has 2 aromatic rings. The van der Waals surface area contributed by atoms with Gasteiger partial charge in [0.1, 0.15) is 5.56 Å². The molecule has 0 saturated carbocycles. The van der Waals surface area contributed by atoms with Gasteiger partial charge in [0.15, 0.2) is 0 Å². The number of aromatic carboxylic acids is 1. The van der Waals surface area contributed by atoms with Crippen LogP contribution in [-0.2, 0) is 0 Å². The van der Waals surface area contributed by atoms with Crippen LogP contribution in [0, 0.1) is 0 Å². The molecule has 19 heavy (non-hydrogen) atoms. The molecule has 5 heteroatoms. The molecule has 0 amide bonds. The highest BCUT2D eigenvalue weighted by Gasteiger charge is 2.11. The largest absolute Gasteiger partial charge is 0.478 e. The predicted octanol–water partition coefficient (Wildman–Crippen LogP) is 2.59. The molecule has 0 aliphatic carbocycles. The van der Waals surface area contributed by atoms with Gasteiger partial charge < -0.3 is 15.3 Å². The van der Waals surface area contributed by atoms with E-state index < -0.39 is 5.97 Å². The van der Waals surface area contributed by atoms with Gasteiger partial charge in [0.05, 0.1) is 17.1 Å². The van der Waals surface area contributed by atoms with Gasteiger partial charge in [-0.05, 0) is 18.2 Å². The van der Waals surface area contributed by atoms with Gasteiger partial charge in [0, 0.05) is 26.5 Å². The molecule has 2 N–H and O–H groups in total. The van der Waals surface area contributed by atoms with Crippen molar-refractivity contribution >= 4 is 23.0 Å². The maximum atomic E-state index is 11.1. The van der Waals surface area contributed by atoms with Crippen LogP contribution in [-0.4, -0.2) is 30.2 Å². The Balaban J connectivity index is 2.39. The number of hydrogen-bond donors (Lipinski definition) is 2. The standard InChI is InChI=1S/C14H15N3O2/c1-17(2)13-6-4-3-5-12(13)16-11-7-8-15-9-10(11)14(18)19/h3-9H,1-2H3,(H,15,16)(H,18,19). The van der Waals surface area contributed by atoms with E-state index in [-0.39, 0.29) is 5.56 Å². The molecular formula is C14H15N3O2. The number of carbonyl (C=O) groups is 1. The minimum Gasteiger partial charge on any atom is -0.478 e. The van der Waals surface area contributed by atoms with Crippen LogP contribution in [0.4, 0.5) is 17.1 Å². The maximum absolute atomic E-state index is 11.1. The van der Waals surface area contributed by atoms with Crippen molar-refractivity contribution in [1.29, 1.82) is 0 Å². The lowest BCUT2D eigenvalue weighted by Crippen LogP contribution is -2.11. The van der Waals surface area contributed by atoms with Crippen LogP contribution in [0.5, 0.6) is 0 Å². The highest BCUT2D eigenvalue weighted by Crippen LogP contribution is 2.28. The first kappa shape index (κ1) is 12.9. The van der Waals surface area contributed by atoms with Gasteiger partial charge in [-0.3, -0.25) is 4.98 Å². The van der Waals surface area contributed by atoms with E-state index in [4.69, 9.17) is 5.11 Å². The SMILES string of the molecule is CN(C)c1ccccc1Nc1ccncc1C(=O)O. The number of anilines is 3. The van der Waals surface area contributed by atoms with Crippen LogP contribution in [0.15, 0.2) is 42.7 Å². The summed E-state index contributed by atoms with van der Waals surface area (Å²) in [5, 5.41) is 12.3. The summed E-state index contributed by atoms with van der Waals surface area (Å²) >= 11 is 0. The highest BCUT2D eigenvalue weighted by molar-refractivity contribution is 5.95. The second-order valence-corrected chi connectivity index (χ2v) is 4.26. The number of carboxylic acid groups (broad SMARTS) is 1. The van der Waals surface area contributed by atoms with E-state index in [2.05, 4.69) is 10.3 Å². The summed E-state index contributed by atoms with van der Waals surface area (Å²) < 4.78 is 0. The fraction of sp³-hybridized carbons (Fsp3) is 0.143. The third-order valence-electron chi connectivity index (χ3n) is 2.71. The Labute approximate surface area is 111 Å². The number of nitrogens with zero attached hydrogens (tertiary/aromatic N) is 2. The van der Waals surface area contributed by atoms with Crippen LogP contribution >= 0.6 is 0 Å². The van der Waals surface area contributed by atoms with Gasteiger partial charge in [-0.1, -0.05) is 12.1 Å². The lowest BCUT2D eigenvalue weighted by Gasteiger charge is -2.18. The van der Waals surface area contributed by atoms with Crippen molar-refractivity contribution in [2.75, 3.05) is 24.3 Å². The lowest BCUT2D eigenvalue weighted by atomic mass is 10.2. The summed E-state index contributed by atoms with van der Waals surface area (Å²) in [5.41, 5.74) is 2.50. The number of pyridine rings is 1. The normalized spacial score (nSPS) is 10.0. The fourth-order valence-electron chi connectivity index (χ4n) is 1.79. The lowest BCUT2D eigenvalue weighted by molar-refractivity contribution is 0.0697. The molecule has 0 spiro atoms. The Morgan fingerprint density at radius 3 is 2.63 bits per heavy atom. The molecular weight excluding hydrogens is 242 g/mol. The van der Waals surface area contributed by atoms with Crippen molar-refractivity contribution < 1.29 is 9.90 Å². The summed E-state index contributed by atoms with van der Waals surface area (Å²) in [6, 6.07) is 9.35. The molecule has 0 unspecified atom stereocenters. The van der Waals surface area contributed by atoms with E-state index in [1.807, 2.05) is 43.3 Å². The van der Waals surface area contributed by atoms with Crippen molar-refractivity contribution in [2.24, 2.45) is 0 Å². The first-order chi connectivity index (χ1) is 9.09. The topological polar surface area (TPSA) is 65.5 Å². The summed E-state index contributed by atoms with van der Waals surface area (Å²) in [6.45, 7) is 0. The van der Waals surface area contributed by atoms with E-state index in [0.29, 0.717) is 5.69 Å². The number of carboxylic acids is 1. The molecule has 98 valence electrons. The second kappa shape index (κ2) is 5.39. The van der Waals surface area contributed by atoms with E-state index in [0.717, 1.165) is 11.4 Å². The van der Waals surface area contributed by atoms with Crippen LogP contribution in [0.1, 0.15) is 10.4 Å². The molecule has 0 aliphatic heterocycles. The van der Waals surface area contributed by atoms with Gasteiger partial charge in [0.25, 0.3) is 0 Å². The van der Waals surface area contributed by atoms with Crippen LogP contribution < -0.4 is 10.2 Å². The molecule has 5 nitrogen and oxygen atoms in total. The molecule has 0 saturated heterocycles. The van der Waals surface area contributed by atoms with Gasteiger partial charge in [0.2, 0.25) is 0 Å². The van der Waals surface area contributed by atoms with Gasteiger partial charge >= 0.3 is 5.97 Å². The van der Waals surface area contributed by atoms with Crippen molar-refractivity contribution in [3.8, 4) is 0 Å². The van der Waals surface area contributed by atoms with Gasteiger partial charge in [-0.25, -0.2) is 4.79 Å². The van der Waals surface area contributed by atoms with Gasteiger partial charge in [-0.15, -0.1) is 0 Å². The molecule has 0 fully saturated rings. The second-order valence-electron chi connectivity index (χ2n) is 4.26. The van der Waals surface area contributed by atoms with E-state index in [1.54, 1.807) is 12.3 Å². The van der Waals surface area contributed by atoms with Crippen molar-refractivity contribution in [1.82, 2.24) is 4.98 Å². The summed E-state index contributed by atoms with van der Waals surface area (Å²) in [7, 11) is 3.87. The monoisotopic (exact) mass is 257 g/mol. The quantitative estimate of drug-likeness (QED) is 0.881. The van der Waals surface area contributed by atoms with Crippen molar-refractivity contribution in [3.63, 3.8) is 0 Å². The predicted molar refractivity (Wildman–Crippen MR) is 75.2 cm³/mol. The first-order valence-corrected chi connectivity index (χ1v) is 5.80. The highest BCUT2D eigenvalue weighted by atomic mass is 16.4. The van der Waals surface area contributed by atoms with E-state index >= 15 is 0 Å². The Kier molecular flexibility index (Phi) is 3.66. The molecule has 0 aliphatic rings. The third-order valence-corrected chi connectivity index (χ3v) is 2.71. The Hall–Kier alpha value is -2.56. The Bertz CT molecular complexity index is 597. The summed E-state index contributed by atoms with van der Waals surface area (Å²) in [5.74, 6) is -1.00. The number of para-hydroxylation sites is 2. The van der Waals surface area contributed by atoms with Crippen LogP contribution in [0.25, 0.3) is 0 Å². The number of nitrogens with one attached hydrogen (secondary N) is 1. The fourth-order valence-corrected chi connectivity index (χ4v) is 1.79. The molecule has 2 rings (SSSR count). The number of hydrogen-bond acceptors (Lipinski definition) is 4. The molecule has 1 heterocycles. The summed E-state index contributed by atoms with van der Waals surface area (Å²) in [4.78, 5) is 16.9. The number of rotatable bonds is 4. The maximum Gasteiger partial charge on any atom is 0.339 e. The minimum absolute atomic E-state index is 0.149. The minimum atomic E-state index is -1.00. The Morgan fingerprint density at radius 2 is 1.95 bits per heavy atom. The first-order valence-electron chi connectivity index (χ1n) is 5.80.